The van der Waals surface area contributed by atoms with Gasteiger partial charge in [0, 0.05) is 0 Å². The highest BCUT2D eigenvalue weighted by Crippen LogP contribution is 2.28. The van der Waals surface area contributed by atoms with Gasteiger partial charge in [-0.1, -0.05) is 31.2 Å². The summed E-state index contributed by atoms with van der Waals surface area (Å²) < 4.78 is 11.2. The van der Waals surface area contributed by atoms with Gasteiger partial charge in [0.05, 0.1) is 13.2 Å². The molecule has 1 amide bonds. The van der Waals surface area contributed by atoms with E-state index in [2.05, 4.69) is 38.2 Å². The van der Waals surface area contributed by atoms with E-state index in [0.29, 0.717) is 17.9 Å². The number of methoxy groups -OCH3 is 1. The summed E-state index contributed by atoms with van der Waals surface area (Å²) in [6.07, 6.45) is 0.00305. The minimum Gasteiger partial charge on any atom is -0.493 e. The maximum absolute atomic E-state index is 12.7. The zero-order valence-electron chi connectivity index (χ0n) is 16.6. The van der Waals surface area contributed by atoms with Gasteiger partial charge in [-0.2, -0.15) is 0 Å². The van der Waals surface area contributed by atoms with Crippen molar-refractivity contribution in [3.8, 4) is 11.5 Å². The molecule has 0 spiro atoms. The van der Waals surface area contributed by atoms with E-state index < -0.39 is 6.10 Å². The summed E-state index contributed by atoms with van der Waals surface area (Å²) in [5.41, 5.74) is 4.80. The van der Waals surface area contributed by atoms with Gasteiger partial charge < -0.3 is 14.8 Å². The first-order valence-electron chi connectivity index (χ1n) is 9.05. The van der Waals surface area contributed by atoms with Crippen LogP contribution in [0, 0.1) is 20.8 Å². The van der Waals surface area contributed by atoms with E-state index in [1.165, 1.54) is 16.7 Å². The van der Waals surface area contributed by atoms with Crippen LogP contribution >= 0.6 is 0 Å². The van der Waals surface area contributed by atoms with Gasteiger partial charge in [-0.05, 0) is 68.5 Å². The fraction of sp³-hybridized carbons (Fsp3) is 0.409. The molecular weight excluding hydrogens is 326 g/mol. The number of nitrogens with one attached hydrogen (secondary N) is 1. The molecule has 0 unspecified atom stereocenters. The van der Waals surface area contributed by atoms with E-state index in [1.54, 1.807) is 7.11 Å². The molecule has 0 aromatic heterocycles. The first-order chi connectivity index (χ1) is 12.4. The Labute approximate surface area is 156 Å². The zero-order valence-corrected chi connectivity index (χ0v) is 16.6. The molecule has 0 bridgehead atoms. The Bertz CT molecular complexity index is 770. The Morgan fingerprint density at radius 2 is 1.65 bits per heavy atom. The lowest BCUT2D eigenvalue weighted by Crippen LogP contribution is -2.39. The second kappa shape index (κ2) is 8.75. The molecule has 0 aliphatic heterocycles. The van der Waals surface area contributed by atoms with Crippen molar-refractivity contribution in [2.24, 2.45) is 0 Å². The van der Waals surface area contributed by atoms with Crippen LogP contribution in [-0.2, 0) is 4.79 Å². The van der Waals surface area contributed by atoms with Crippen LogP contribution in [0.2, 0.25) is 0 Å². The Morgan fingerprint density at radius 3 is 2.27 bits per heavy atom. The molecule has 140 valence electrons. The lowest BCUT2D eigenvalue weighted by molar-refractivity contribution is -0.128. The fourth-order valence-corrected chi connectivity index (χ4v) is 3.03. The number of aryl methyl sites for hydroxylation is 3. The van der Waals surface area contributed by atoms with Crippen LogP contribution in [-0.4, -0.2) is 19.1 Å². The second-order valence-electron chi connectivity index (χ2n) is 6.69. The molecule has 1 N–H and O–H groups in total. The van der Waals surface area contributed by atoms with Gasteiger partial charge in [-0.15, -0.1) is 0 Å². The number of hydrogen-bond acceptors (Lipinski definition) is 3. The fourth-order valence-electron chi connectivity index (χ4n) is 3.03. The molecule has 0 fully saturated rings. The van der Waals surface area contributed by atoms with Gasteiger partial charge in [-0.3, -0.25) is 4.79 Å². The molecule has 0 aliphatic rings. The monoisotopic (exact) mass is 355 g/mol. The number of carbonyl (C=O) groups is 1. The van der Waals surface area contributed by atoms with Crippen molar-refractivity contribution in [1.29, 1.82) is 0 Å². The van der Waals surface area contributed by atoms with E-state index in [-0.39, 0.29) is 11.9 Å². The molecule has 2 aromatic rings. The maximum Gasteiger partial charge on any atom is 0.261 e. The van der Waals surface area contributed by atoms with Crippen molar-refractivity contribution in [2.75, 3.05) is 7.11 Å². The third-order valence-electron chi connectivity index (χ3n) is 4.71. The van der Waals surface area contributed by atoms with Gasteiger partial charge in [0.1, 0.15) is 0 Å². The molecule has 2 aromatic carbocycles. The topological polar surface area (TPSA) is 47.6 Å². The van der Waals surface area contributed by atoms with Crippen LogP contribution in [0.1, 0.15) is 48.6 Å². The third kappa shape index (κ3) is 4.57. The number of ether oxygens (including phenoxy) is 2. The van der Waals surface area contributed by atoms with E-state index in [1.807, 2.05) is 38.1 Å². The number of carbonyl (C=O) groups excluding carboxylic acids is 1. The number of rotatable bonds is 7. The molecule has 0 saturated carbocycles. The molecule has 2 rings (SSSR count). The molecule has 2 atom stereocenters. The van der Waals surface area contributed by atoms with Crippen LogP contribution < -0.4 is 14.8 Å². The van der Waals surface area contributed by atoms with Gasteiger partial charge in [-0.25, -0.2) is 0 Å². The summed E-state index contributed by atoms with van der Waals surface area (Å²) in [5.74, 6) is 1.08. The highest BCUT2D eigenvalue weighted by molar-refractivity contribution is 5.81. The summed E-state index contributed by atoms with van der Waals surface area (Å²) in [7, 11) is 1.59. The molecule has 0 saturated heterocycles. The number of benzene rings is 2. The Hall–Kier alpha value is -2.49. The number of para-hydroxylation sites is 2. The van der Waals surface area contributed by atoms with E-state index >= 15 is 0 Å². The third-order valence-corrected chi connectivity index (χ3v) is 4.71. The van der Waals surface area contributed by atoms with E-state index in [4.69, 9.17) is 9.47 Å². The number of amides is 1. The van der Waals surface area contributed by atoms with Crippen molar-refractivity contribution < 1.29 is 14.3 Å². The van der Waals surface area contributed by atoms with Gasteiger partial charge >= 0.3 is 0 Å². The molecule has 26 heavy (non-hydrogen) atoms. The largest absolute Gasteiger partial charge is 0.493 e. The highest BCUT2D eigenvalue weighted by atomic mass is 16.5. The van der Waals surface area contributed by atoms with Gasteiger partial charge in [0.2, 0.25) is 0 Å². The normalized spacial score (nSPS) is 13.0. The Balaban J connectivity index is 2.12. The molecule has 4 heteroatoms. The molecule has 4 nitrogen and oxygen atoms in total. The smallest absolute Gasteiger partial charge is 0.261 e. The molecule has 0 heterocycles. The van der Waals surface area contributed by atoms with E-state index in [9.17, 15) is 4.79 Å². The molecular formula is C22H29NO3. The van der Waals surface area contributed by atoms with Crippen LogP contribution in [0.5, 0.6) is 11.5 Å². The standard InChI is InChI=1S/C22H29NO3/c1-7-19(26-21-11-9-8-10-20(21)25-6)22(24)23-17(5)18-13-15(3)14(2)12-16(18)4/h8-13,17,19H,7H2,1-6H3,(H,23,24)/t17-,19-/m0/s1. The average molecular weight is 355 g/mol. The summed E-state index contributed by atoms with van der Waals surface area (Å²) >= 11 is 0. The highest BCUT2D eigenvalue weighted by Gasteiger charge is 2.22. The first-order valence-corrected chi connectivity index (χ1v) is 9.05. The molecule has 0 radical (unpaired) electrons. The predicted molar refractivity (Wildman–Crippen MR) is 105 cm³/mol. The maximum atomic E-state index is 12.7. The van der Waals surface area contributed by atoms with Crippen molar-refractivity contribution in [3.63, 3.8) is 0 Å². The Kier molecular flexibility index (Phi) is 6.67. The van der Waals surface area contributed by atoms with Crippen molar-refractivity contribution in [2.45, 2.75) is 53.2 Å². The summed E-state index contributed by atoms with van der Waals surface area (Å²) in [6, 6.07) is 11.6. The van der Waals surface area contributed by atoms with Crippen molar-refractivity contribution in [3.05, 3.63) is 58.7 Å². The SMILES string of the molecule is CC[C@H](Oc1ccccc1OC)C(=O)N[C@@H](C)c1cc(C)c(C)cc1C. The summed E-state index contributed by atoms with van der Waals surface area (Å²) in [5, 5.41) is 3.09. The molecule has 0 aliphatic carbocycles. The lowest BCUT2D eigenvalue weighted by atomic mass is 9.96. The first kappa shape index (κ1) is 19.8. The minimum atomic E-state index is -0.569. The van der Waals surface area contributed by atoms with Gasteiger partial charge in [0.15, 0.2) is 17.6 Å². The van der Waals surface area contributed by atoms with Gasteiger partial charge in [0.25, 0.3) is 5.91 Å². The minimum absolute atomic E-state index is 0.0860. The van der Waals surface area contributed by atoms with E-state index in [0.717, 1.165) is 5.56 Å². The zero-order chi connectivity index (χ0) is 19.3. The van der Waals surface area contributed by atoms with Crippen LogP contribution in [0.4, 0.5) is 0 Å². The quantitative estimate of drug-likeness (QED) is 0.786. The van der Waals surface area contributed by atoms with Crippen molar-refractivity contribution in [1.82, 2.24) is 5.32 Å². The van der Waals surface area contributed by atoms with Crippen LogP contribution in [0.25, 0.3) is 0 Å². The average Bonchev–Trinajstić information content (AvgIpc) is 2.62. The number of hydrogen-bond donors (Lipinski definition) is 1. The summed E-state index contributed by atoms with van der Waals surface area (Å²) in [4.78, 5) is 12.7. The predicted octanol–water partition coefficient (Wildman–Crippen LogP) is 4.66. The summed E-state index contributed by atoms with van der Waals surface area (Å²) in [6.45, 7) is 10.2. The Morgan fingerprint density at radius 1 is 1.04 bits per heavy atom. The van der Waals surface area contributed by atoms with Crippen LogP contribution in [0.3, 0.4) is 0 Å². The van der Waals surface area contributed by atoms with Crippen molar-refractivity contribution >= 4 is 5.91 Å². The lowest BCUT2D eigenvalue weighted by Gasteiger charge is -2.23. The van der Waals surface area contributed by atoms with Crippen LogP contribution in [0.15, 0.2) is 36.4 Å². The second-order valence-corrected chi connectivity index (χ2v) is 6.69.